The van der Waals surface area contributed by atoms with Gasteiger partial charge in [-0.1, -0.05) is 26.0 Å². The summed E-state index contributed by atoms with van der Waals surface area (Å²) in [5, 5.41) is 3.36. The van der Waals surface area contributed by atoms with E-state index in [0.29, 0.717) is 5.92 Å². The molecule has 1 fully saturated rings. The number of aromatic nitrogens is 2. The number of morpholine rings is 1. The van der Waals surface area contributed by atoms with E-state index < -0.39 is 0 Å². The van der Waals surface area contributed by atoms with Crippen molar-refractivity contribution in [2.24, 2.45) is 0 Å². The number of benzene rings is 1. The minimum absolute atomic E-state index is 0.0797. The highest BCUT2D eigenvalue weighted by molar-refractivity contribution is 5.37. The van der Waals surface area contributed by atoms with Gasteiger partial charge >= 0.3 is 0 Å². The Bertz CT molecular complexity index is 553. The lowest BCUT2D eigenvalue weighted by molar-refractivity contribution is 0.0240. The Balaban J connectivity index is 1.88. The second kappa shape index (κ2) is 5.77. The zero-order valence-electron chi connectivity index (χ0n) is 12.0. The fourth-order valence-corrected chi connectivity index (χ4v) is 2.53. The Labute approximate surface area is 119 Å². The Morgan fingerprint density at radius 2 is 2.10 bits per heavy atom. The molecule has 0 saturated carbocycles. The number of hydrogen-bond acceptors (Lipinski definition) is 3. The molecule has 1 aromatic carbocycles. The van der Waals surface area contributed by atoms with E-state index in [1.807, 2.05) is 12.5 Å². The topological polar surface area (TPSA) is 39.1 Å². The molecular formula is C16H21N3O. The van der Waals surface area contributed by atoms with Gasteiger partial charge < -0.3 is 14.6 Å². The quantitative estimate of drug-likeness (QED) is 0.933. The molecular weight excluding hydrogens is 250 g/mol. The number of ether oxygens (including phenoxy) is 1. The molecule has 20 heavy (non-hydrogen) atoms. The van der Waals surface area contributed by atoms with Gasteiger partial charge in [0.05, 0.1) is 24.8 Å². The molecule has 2 aromatic rings. The first-order chi connectivity index (χ1) is 9.75. The minimum atomic E-state index is 0.0797. The number of rotatable bonds is 3. The summed E-state index contributed by atoms with van der Waals surface area (Å²) < 4.78 is 7.94. The average molecular weight is 271 g/mol. The second-order valence-corrected chi connectivity index (χ2v) is 5.50. The summed E-state index contributed by atoms with van der Waals surface area (Å²) in [6, 6.07) is 8.67. The van der Waals surface area contributed by atoms with E-state index in [0.717, 1.165) is 31.1 Å². The molecule has 1 saturated heterocycles. The molecule has 3 rings (SSSR count). The van der Waals surface area contributed by atoms with E-state index in [1.165, 1.54) is 5.56 Å². The van der Waals surface area contributed by atoms with Crippen molar-refractivity contribution < 1.29 is 4.74 Å². The van der Waals surface area contributed by atoms with Gasteiger partial charge in [0.15, 0.2) is 0 Å². The lowest BCUT2D eigenvalue weighted by Crippen LogP contribution is -2.34. The molecule has 1 aliphatic rings. The van der Waals surface area contributed by atoms with E-state index in [4.69, 9.17) is 4.74 Å². The molecule has 4 nitrogen and oxygen atoms in total. The van der Waals surface area contributed by atoms with Crippen LogP contribution in [-0.2, 0) is 4.74 Å². The molecule has 1 N–H and O–H groups in total. The monoisotopic (exact) mass is 271 g/mol. The number of nitrogens with one attached hydrogen (secondary N) is 1. The third kappa shape index (κ3) is 2.62. The molecule has 0 bridgehead atoms. The summed E-state index contributed by atoms with van der Waals surface area (Å²) in [6.07, 6.45) is 3.84. The molecule has 4 heteroatoms. The Kier molecular flexibility index (Phi) is 3.85. The van der Waals surface area contributed by atoms with E-state index >= 15 is 0 Å². The maximum Gasteiger partial charge on any atom is 0.112 e. The lowest BCUT2D eigenvalue weighted by Gasteiger charge is -2.24. The number of hydrogen-bond donors (Lipinski definition) is 1. The summed E-state index contributed by atoms with van der Waals surface area (Å²) >= 11 is 0. The van der Waals surface area contributed by atoms with E-state index in [1.54, 1.807) is 0 Å². The van der Waals surface area contributed by atoms with E-state index in [2.05, 4.69) is 53.0 Å². The van der Waals surface area contributed by atoms with Crippen LogP contribution in [0.5, 0.6) is 0 Å². The third-order valence-corrected chi connectivity index (χ3v) is 3.76. The minimum Gasteiger partial charge on any atom is -0.369 e. The van der Waals surface area contributed by atoms with E-state index in [-0.39, 0.29) is 6.10 Å². The van der Waals surface area contributed by atoms with Gasteiger partial charge in [-0.15, -0.1) is 0 Å². The molecule has 1 unspecified atom stereocenters. The Morgan fingerprint density at radius 1 is 1.30 bits per heavy atom. The van der Waals surface area contributed by atoms with Gasteiger partial charge in [-0.05, 0) is 23.6 Å². The summed E-state index contributed by atoms with van der Waals surface area (Å²) in [6.45, 7) is 6.93. The maximum absolute atomic E-state index is 5.82. The van der Waals surface area contributed by atoms with Gasteiger partial charge in [-0.2, -0.15) is 0 Å². The zero-order chi connectivity index (χ0) is 13.9. The largest absolute Gasteiger partial charge is 0.369 e. The molecule has 1 aliphatic heterocycles. The van der Waals surface area contributed by atoms with Gasteiger partial charge in [-0.25, -0.2) is 4.98 Å². The highest BCUT2D eigenvalue weighted by Gasteiger charge is 2.20. The van der Waals surface area contributed by atoms with Crippen molar-refractivity contribution in [1.82, 2.24) is 14.9 Å². The van der Waals surface area contributed by atoms with Crippen molar-refractivity contribution in [2.75, 3.05) is 19.7 Å². The van der Waals surface area contributed by atoms with Crippen LogP contribution in [0.3, 0.4) is 0 Å². The molecule has 0 amide bonds. The van der Waals surface area contributed by atoms with Crippen LogP contribution < -0.4 is 5.32 Å². The highest BCUT2D eigenvalue weighted by atomic mass is 16.5. The normalized spacial score (nSPS) is 19.4. The molecule has 106 valence electrons. The van der Waals surface area contributed by atoms with Gasteiger partial charge in [0.25, 0.3) is 0 Å². The summed E-state index contributed by atoms with van der Waals surface area (Å²) in [5.74, 6) is 0.553. The summed E-state index contributed by atoms with van der Waals surface area (Å²) in [4.78, 5) is 4.29. The van der Waals surface area contributed by atoms with Crippen molar-refractivity contribution in [1.29, 1.82) is 0 Å². The SMILES string of the molecule is CC(C)c1ccc(-n2cncc2C2CNCCO2)cc1. The summed E-state index contributed by atoms with van der Waals surface area (Å²) in [7, 11) is 0. The molecule has 2 heterocycles. The Hall–Kier alpha value is -1.65. The van der Waals surface area contributed by atoms with Gasteiger partial charge in [0.2, 0.25) is 0 Å². The van der Waals surface area contributed by atoms with Crippen molar-refractivity contribution in [3.05, 3.63) is 48.0 Å². The average Bonchev–Trinajstić information content (AvgIpc) is 2.97. The predicted molar refractivity (Wildman–Crippen MR) is 79.2 cm³/mol. The maximum atomic E-state index is 5.82. The van der Waals surface area contributed by atoms with Crippen molar-refractivity contribution in [3.8, 4) is 5.69 Å². The van der Waals surface area contributed by atoms with Crippen LogP contribution in [0.25, 0.3) is 5.69 Å². The fourth-order valence-electron chi connectivity index (χ4n) is 2.53. The van der Waals surface area contributed by atoms with Crippen LogP contribution in [0.15, 0.2) is 36.8 Å². The van der Waals surface area contributed by atoms with Crippen LogP contribution in [0, 0.1) is 0 Å². The lowest BCUT2D eigenvalue weighted by atomic mass is 10.0. The first kappa shape index (κ1) is 13.3. The van der Waals surface area contributed by atoms with Crippen LogP contribution in [0.4, 0.5) is 0 Å². The number of imidazole rings is 1. The summed E-state index contributed by atoms with van der Waals surface area (Å²) in [5.41, 5.74) is 3.59. The fraction of sp³-hybridized carbons (Fsp3) is 0.438. The molecule has 0 aliphatic carbocycles. The molecule has 0 radical (unpaired) electrons. The van der Waals surface area contributed by atoms with Crippen LogP contribution in [0.1, 0.15) is 37.1 Å². The number of nitrogens with zero attached hydrogens (tertiary/aromatic N) is 2. The van der Waals surface area contributed by atoms with Crippen molar-refractivity contribution in [3.63, 3.8) is 0 Å². The molecule has 1 aromatic heterocycles. The second-order valence-electron chi connectivity index (χ2n) is 5.50. The highest BCUT2D eigenvalue weighted by Crippen LogP contribution is 2.23. The molecule has 0 spiro atoms. The zero-order valence-corrected chi connectivity index (χ0v) is 12.0. The van der Waals surface area contributed by atoms with Crippen LogP contribution >= 0.6 is 0 Å². The smallest absolute Gasteiger partial charge is 0.112 e. The van der Waals surface area contributed by atoms with Gasteiger partial charge in [-0.3, -0.25) is 0 Å². The van der Waals surface area contributed by atoms with Crippen LogP contribution in [-0.4, -0.2) is 29.2 Å². The standard InChI is InChI=1S/C16H21N3O/c1-12(2)13-3-5-14(6-4-13)19-11-18-9-15(19)16-10-17-7-8-20-16/h3-6,9,11-12,16-17H,7-8,10H2,1-2H3. The van der Waals surface area contributed by atoms with Crippen LogP contribution in [0.2, 0.25) is 0 Å². The van der Waals surface area contributed by atoms with Gasteiger partial charge in [0.1, 0.15) is 6.10 Å². The Morgan fingerprint density at radius 3 is 2.75 bits per heavy atom. The van der Waals surface area contributed by atoms with Gasteiger partial charge in [0, 0.05) is 18.8 Å². The van der Waals surface area contributed by atoms with Crippen molar-refractivity contribution in [2.45, 2.75) is 25.9 Å². The van der Waals surface area contributed by atoms with Crippen molar-refractivity contribution >= 4 is 0 Å². The predicted octanol–water partition coefficient (Wildman–Crippen LogP) is 2.66. The molecule has 1 atom stereocenters. The van der Waals surface area contributed by atoms with E-state index in [9.17, 15) is 0 Å². The first-order valence-corrected chi connectivity index (χ1v) is 7.20. The first-order valence-electron chi connectivity index (χ1n) is 7.20. The third-order valence-electron chi connectivity index (χ3n) is 3.76.